The van der Waals surface area contributed by atoms with Gasteiger partial charge >= 0.3 is 5.97 Å². The van der Waals surface area contributed by atoms with Gasteiger partial charge in [-0.15, -0.1) is 0 Å². The van der Waals surface area contributed by atoms with Crippen LogP contribution in [0.25, 0.3) is 0 Å². The first-order valence-electron chi connectivity index (χ1n) is 8.48. The number of aryl methyl sites for hydroxylation is 2. The molecule has 0 aliphatic carbocycles. The Morgan fingerprint density at radius 3 is 2.48 bits per heavy atom. The number of carbonyl (C=O) groups is 3. The third-order valence-electron chi connectivity index (χ3n) is 3.82. The summed E-state index contributed by atoms with van der Waals surface area (Å²) in [6.07, 6.45) is 0.766. The summed E-state index contributed by atoms with van der Waals surface area (Å²) in [6, 6.07) is 12.0. The first-order valence-corrected chi connectivity index (χ1v) is 8.48. The molecule has 142 valence electrons. The highest BCUT2D eigenvalue weighted by atomic mass is 16.5. The van der Waals surface area contributed by atoms with Gasteiger partial charge in [0, 0.05) is 5.69 Å². The first kappa shape index (κ1) is 20.0. The average molecular weight is 370 g/mol. The molecule has 0 bridgehead atoms. The van der Waals surface area contributed by atoms with Gasteiger partial charge in [0.1, 0.15) is 11.3 Å². The zero-order chi connectivity index (χ0) is 19.8. The van der Waals surface area contributed by atoms with Gasteiger partial charge in [0.05, 0.1) is 0 Å². The van der Waals surface area contributed by atoms with Crippen molar-refractivity contribution in [2.24, 2.45) is 5.73 Å². The molecule has 0 saturated carbocycles. The summed E-state index contributed by atoms with van der Waals surface area (Å²) in [6.45, 7) is 3.08. The maximum atomic E-state index is 12.3. The minimum Gasteiger partial charge on any atom is -0.483 e. The number of hydrogen-bond acceptors (Lipinski definition) is 5. The van der Waals surface area contributed by atoms with E-state index in [2.05, 4.69) is 5.32 Å². The molecule has 0 fully saturated rings. The number of rotatable bonds is 8. The maximum absolute atomic E-state index is 12.3. The Morgan fingerprint density at radius 2 is 1.78 bits per heavy atom. The van der Waals surface area contributed by atoms with Crippen molar-refractivity contribution in [3.8, 4) is 5.75 Å². The van der Waals surface area contributed by atoms with Gasteiger partial charge in [-0.3, -0.25) is 9.59 Å². The number of esters is 1. The third kappa shape index (κ3) is 5.57. The Labute approximate surface area is 157 Å². The lowest BCUT2D eigenvalue weighted by Crippen LogP contribution is -2.23. The largest absolute Gasteiger partial charge is 0.483 e. The highest BCUT2D eigenvalue weighted by molar-refractivity contribution is 5.97. The number of amides is 2. The molecule has 0 aliphatic heterocycles. The van der Waals surface area contributed by atoms with Crippen molar-refractivity contribution in [3.63, 3.8) is 0 Å². The summed E-state index contributed by atoms with van der Waals surface area (Å²) < 4.78 is 10.3. The van der Waals surface area contributed by atoms with Crippen molar-refractivity contribution >= 4 is 23.5 Å². The molecule has 3 N–H and O–H groups in total. The lowest BCUT2D eigenvalue weighted by molar-refractivity contribution is -0.120. The average Bonchev–Trinajstić information content (AvgIpc) is 2.66. The van der Waals surface area contributed by atoms with Crippen LogP contribution in [-0.2, 0) is 20.7 Å². The highest BCUT2D eigenvalue weighted by Gasteiger charge is 2.16. The zero-order valence-electron chi connectivity index (χ0n) is 15.3. The van der Waals surface area contributed by atoms with Crippen molar-refractivity contribution in [1.29, 1.82) is 0 Å². The smallest absolute Gasteiger partial charge is 0.342 e. The molecule has 27 heavy (non-hydrogen) atoms. The number of carbonyl (C=O) groups excluding carboxylic acids is 3. The molecule has 0 unspecified atom stereocenters. The van der Waals surface area contributed by atoms with E-state index >= 15 is 0 Å². The Hall–Kier alpha value is -3.35. The molecule has 0 spiro atoms. The number of nitrogens with two attached hydrogens (primary N) is 1. The van der Waals surface area contributed by atoms with E-state index in [1.54, 1.807) is 12.1 Å². The Bertz CT molecular complexity index is 848. The van der Waals surface area contributed by atoms with Gasteiger partial charge in [0.15, 0.2) is 13.2 Å². The summed E-state index contributed by atoms with van der Waals surface area (Å²) in [5.74, 6) is -1.68. The van der Waals surface area contributed by atoms with Crippen LogP contribution in [0.5, 0.6) is 5.75 Å². The second-order valence-corrected chi connectivity index (χ2v) is 5.84. The minimum absolute atomic E-state index is 0.108. The monoisotopic (exact) mass is 370 g/mol. The minimum atomic E-state index is -0.731. The van der Waals surface area contributed by atoms with E-state index in [9.17, 15) is 14.4 Å². The number of benzene rings is 2. The molecule has 0 atom stereocenters. The maximum Gasteiger partial charge on any atom is 0.342 e. The van der Waals surface area contributed by atoms with Gasteiger partial charge < -0.3 is 20.5 Å². The van der Waals surface area contributed by atoms with Gasteiger partial charge in [-0.25, -0.2) is 4.79 Å². The number of nitrogens with one attached hydrogen (secondary N) is 1. The van der Waals surface area contributed by atoms with Crippen molar-refractivity contribution in [1.82, 2.24) is 0 Å². The molecular weight excluding hydrogens is 348 g/mol. The van der Waals surface area contributed by atoms with Crippen LogP contribution < -0.4 is 15.8 Å². The molecule has 0 aromatic heterocycles. The van der Waals surface area contributed by atoms with Gasteiger partial charge in [0.25, 0.3) is 11.8 Å². The lowest BCUT2D eigenvalue weighted by atomic mass is 10.1. The Morgan fingerprint density at radius 1 is 1.04 bits per heavy atom. The molecule has 2 rings (SSSR count). The molecular formula is C20H22N2O5. The summed E-state index contributed by atoms with van der Waals surface area (Å²) in [7, 11) is 0. The van der Waals surface area contributed by atoms with Crippen molar-refractivity contribution in [3.05, 3.63) is 59.2 Å². The van der Waals surface area contributed by atoms with Crippen LogP contribution in [0.3, 0.4) is 0 Å². The van der Waals surface area contributed by atoms with Crippen LogP contribution in [0.4, 0.5) is 5.69 Å². The standard InChI is InChI=1S/C20H22N2O5/c1-3-14-8-6-7-13(2)19(14)22-18(24)12-27-20(25)15-9-4-5-10-16(15)26-11-17(21)23/h4-10H,3,11-12H2,1-2H3,(H2,21,23)(H,22,24). The van der Waals surface area contributed by atoms with Gasteiger partial charge in [-0.2, -0.15) is 0 Å². The van der Waals surface area contributed by atoms with Crippen LogP contribution in [0, 0.1) is 6.92 Å². The summed E-state index contributed by atoms with van der Waals surface area (Å²) in [5.41, 5.74) is 7.81. The highest BCUT2D eigenvalue weighted by Crippen LogP contribution is 2.21. The molecule has 2 aromatic rings. The second-order valence-electron chi connectivity index (χ2n) is 5.84. The SMILES string of the molecule is CCc1cccc(C)c1NC(=O)COC(=O)c1ccccc1OCC(N)=O. The summed E-state index contributed by atoms with van der Waals surface area (Å²) in [5, 5.41) is 2.78. The van der Waals surface area contributed by atoms with Crippen molar-refractivity contribution in [2.75, 3.05) is 18.5 Å². The second kappa shape index (κ2) is 9.38. The van der Waals surface area contributed by atoms with E-state index in [0.717, 1.165) is 23.2 Å². The van der Waals surface area contributed by atoms with E-state index in [-0.39, 0.29) is 17.9 Å². The number of para-hydroxylation sites is 2. The van der Waals surface area contributed by atoms with Crippen LogP contribution in [0.2, 0.25) is 0 Å². The molecule has 2 amide bonds. The van der Waals surface area contributed by atoms with Gasteiger partial charge in [-0.1, -0.05) is 37.3 Å². The molecule has 0 radical (unpaired) electrons. The van der Waals surface area contributed by atoms with E-state index in [4.69, 9.17) is 15.2 Å². The number of hydrogen-bond donors (Lipinski definition) is 2. The predicted octanol–water partition coefficient (Wildman–Crippen LogP) is 2.22. The fourth-order valence-corrected chi connectivity index (χ4v) is 2.50. The summed E-state index contributed by atoms with van der Waals surface area (Å²) in [4.78, 5) is 35.3. The van der Waals surface area contributed by atoms with Crippen LogP contribution in [0.1, 0.15) is 28.4 Å². The van der Waals surface area contributed by atoms with E-state index in [1.165, 1.54) is 12.1 Å². The topological polar surface area (TPSA) is 108 Å². The molecule has 7 heteroatoms. The molecule has 7 nitrogen and oxygen atoms in total. The predicted molar refractivity (Wildman–Crippen MR) is 101 cm³/mol. The fraction of sp³-hybridized carbons (Fsp3) is 0.250. The number of ether oxygens (including phenoxy) is 2. The Balaban J connectivity index is 2.00. The normalized spacial score (nSPS) is 10.1. The molecule has 0 aliphatic rings. The van der Waals surface area contributed by atoms with Crippen molar-refractivity contribution in [2.45, 2.75) is 20.3 Å². The van der Waals surface area contributed by atoms with Crippen LogP contribution >= 0.6 is 0 Å². The zero-order valence-corrected chi connectivity index (χ0v) is 15.3. The quantitative estimate of drug-likeness (QED) is 0.693. The first-order chi connectivity index (χ1) is 12.9. The lowest BCUT2D eigenvalue weighted by Gasteiger charge is -2.13. The van der Waals surface area contributed by atoms with Crippen LogP contribution in [-0.4, -0.2) is 31.0 Å². The Kier molecular flexibility index (Phi) is 6.93. The molecule has 0 heterocycles. The van der Waals surface area contributed by atoms with Crippen LogP contribution in [0.15, 0.2) is 42.5 Å². The number of primary amides is 1. The van der Waals surface area contributed by atoms with Gasteiger partial charge in [0.2, 0.25) is 0 Å². The van der Waals surface area contributed by atoms with Gasteiger partial charge in [-0.05, 0) is 36.6 Å². The van der Waals surface area contributed by atoms with E-state index in [1.807, 2.05) is 32.0 Å². The molecule has 2 aromatic carbocycles. The van der Waals surface area contributed by atoms with Crippen molar-refractivity contribution < 1.29 is 23.9 Å². The molecule has 0 saturated heterocycles. The third-order valence-corrected chi connectivity index (χ3v) is 3.82. The van der Waals surface area contributed by atoms with E-state index in [0.29, 0.717) is 0 Å². The fourth-order valence-electron chi connectivity index (χ4n) is 2.50. The van der Waals surface area contributed by atoms with E-state index < -0.39 is 24.4 Å². The summed E-state index contributed by atoms with van der Waals surface area (Å²) >= 11 is 0. The number of anilines is 1.